The summed E-state index contributed by atoms with van der Waals surface area (Å²) in [5.41, 5.74) is 6.69. The third-order valence-corrected chi connectivity index (χ3v) is 4.10. The van der Waals surface area contributed by atoms with E-state index in [1.807, 2.05) is 18.2 Å². The highest BCUT2D eigenvalue weighted by atomic mass is 16.4. The van der Waals surface area contributed by atoms with Crippen LogP contribution < -0.4 is 11.1 Å². The average Bonchev–Trinajstić information content (AvgIpc) is 2.72. The highest BCUT2D eigenvalue weighted by molar-refractivity contribution is 5.84. The normalized spacial score (nSPS) is 23.9. The number of carboxylic acids is 1. The van der Waals surface area contributed by atoms with Crippen molar-refractivity contribution in [3.63, 3.8) is 0 Å². The van der Waals surface area contributed by atoms with E-state index in [0.29, 0.717) is 12.8 Å². The summed E-state index contributed by atoms with van der Waals surface area (Å²) in [6.45, 7) is 0. The lowest BCUT2D eigenvalue weighted by Gasteiger charge is -2.24. The SMILES string of the molecule is N[C@@H](C(=O)NC1CCCCCC1C(=O)O)c1ccccc1. The van der Waals surface area contributed by atoms with Crippen molar-refractivity contribution in [2.24, 2.45) is 11.7 Å². The summed E-state index contributed by atoms with van der Waals surface area (Å²) in [7, 11) is 0. The van der Waals surface area contributed by atoms with Gasteiger partial charge in [-0.1, -0.05) is 49.6 Å². The van der Waals surface area contributed by atoms with Crippen LogP contribution >= 0.6 is 0 Å². The van der Waals surface area contributed by atoms with Gasteiger partial charge in [0.1, 0.15) is 6.04 Å². The first-order valence-corrected chi connectivity index (χ1v) is 7.43. The quantitative estimate of drug-likeness (QED) is 0.738. The summed E-state index contributed by atoms with van der Waals surface area (Å²) in [5.74, 6) is -1.66. The zero-order valence-corrected chi connectivity index (χ0v) is 12.0. The summed E-state index contributed by atoms with van der Waals surface area (Å²) in [4.78, 5) is 23.6. The Hall–Kier alpha value is -1.88. The molecule has 1 aliphatic rings. The van der Waals surface area contributed by atoms with Crippen LogP contribution in [0.25, 0.3) is 0 Å². The molecule has 5 heteroatoms. The van der Waals surface area contributed by atoms with Crippen molar-refractivity contribution in [3.8, 4) is 0 Å². The highest BCUT2D eigenvalue weighted by Gasteiger charge is 2.31. The second kappa shape index (κ2) is 7.22. The van der Waals surface area contributed by atoms with Crippen molar-refractivity contribution < 1.29 is 14.7 Å². The Morgan fingerprint density at radius 2 is 1.81 bits per heavy atom. The molecular formula is C16H22N2O3. The van der Waals surface area contributed by atoms with E-state index in [4.69, 9.17) is 5.73 Å². The van der Waals surface area contributed by atoms with E-state index in [-0.39, 0.29) is 11.9 Å². The maximum absolute atomic E-state index is 12.3. The van der Waals surface area contributed by atoms with E-state index in [9.17, 15) is 14.7 Å². The van der Waals surface area contributed by atoms with Gasteiger partial charge in [0.05, 0.1) is 5.92 Å². The molecule has 3 atom stereocenters. The number of aliphatic carboxylic acids is 1. The standard InChI is InChI=1S/C16H22N2O3/c17-14(11-7-3-1-4-8-11)15(19)18-13-10-6-2-5-9-12(13)16(20)21/h1,3-4,7-8,12-14H,2,5-6,9-10,17H2,(H,18,19)(H,20,21)/t12?,13?,14-/m1/s1. The van der Waals surface area contributed by atoms with Crippen molar-refractivity contribution in [2.75, 3.05) is 0 Å². The van der Waals surface area contributed by atoms with Crippen molar-refractivity contribution >= 4 is 11.9 Å². The van der Waals surface area contributed by atoms with Crippen molar-refractivity contribution in [3.05, 3.63) is 35.9 Å². The van der Waals surface area contributed by atoms with Gasteiger partial charge in [0.15, 0.2) is 0 Å². The fraction of sp³-hybridized carbons (Fsp3) is 0.500. The lowest BCUT2D eigenvalue weighted by molar-refractivity contribution is -0.143. The fourth-order valence-electron chi connectivity index (χ4n) is 2.86. The number of rotatable bonds is 4. The fourth-order valence-corrected chi connectivity index (χ4v) is 2.86. The van der Waals surface area contributed by atoms with Crippen LogP contribution in [0.15, 0.2) is 30.3 Å². The largest absolute Gasteiger partial charge is 0.481 e. The molecule has 114 valence electrons. The molecule has 0 heterocycles. The Morgan fingerprint density at radius 1 is 1.14 bits per heavy atom. The maximum Gasteiger partial charge on any atom is 0.308 e. The maximum atomic E-state index is 12.3. The smallest absolute Gasteiger partial charge is 0.308 e. The first kappa shape index (κ1) is 15.5. The number of carbonyl (C=O) groups is 2. The summed E-state index contributed by atoms with van der Waals surface area (Å²) in [5, 5.41) is 12.2. The van der Waals surface area contributed by atoms with Crippen LogP contribution in [0.3, 0.4) is 0 Å². The number of amides is 1. The molecule has 0 spiro atoms. The Morgan fingerprint density at radius 3 is 2.48 bits per heavy atom. The predicted octanol–water partition coefficient (Wildman–Crippen LogP) is 1.84. The molecule has 4 N–H and O–H groups in total. The number of nitrogens with two attached hydrogens (primary N) is 1. The van der Waals surface area contributed by atoms with Gasteiger partial charge in [-0.2, -0.15) is 0 Å². The Kier molecular flexibility index (Phi) is 5.33. The first-order chi connectivity index (χ1) is 10.1. The molecule has 1 fully saturated rings. The second-order valence-corrected chi connectivity index (χ2v) is 5.59. The molecule has 1 saturated carbocycles. The van der Waals surface area contributed by atoms with Gasteiger partial charge in [0.25, 0.3) is 0 Å². The number of hydrogen-bond acceptors (Lipinski definition) is 3. The summed E-state index contributed by atoms with van der Waals surface area (Å²) < 4.78 is 0. The predicted molar refractivity (Wildman–Crippen MR) is 79.5 cm³/mol. The van der Waals surface area contributed by atoms with Gasteiger partial charge in [-0.25, -0.2) is 0 Å². The van der Waals surface area contributed by atoms with Crippen molar-refractivity contribution in [2.45, 2.75) is 44.2 Å². The van der Waals surface area contributed by atoms with Crippen LogP contribution in [0.1, 0.15) is 43.7 Å². The molecule has 0 radical (unpaired) electrons. The van der Waals surface area contributed by atoms with E-state index in [0.717, 1.165) is 24.8 Å². The van der Waals surface area contributed by atoms with Crippen LogP contribution in [0.2, 0.25) is 0 Å². The Bertz CT molecular complexity index is 490. The molecule has 2 rings (SSSR count). The minimum Gasteiger partial charge on any atom is -0.481 e. The van der Waals surface area contributed by atoms with Crippen LogP contribution in [0.4, 0.5) is 0 Å². The van der Waals surface area contributed by atoms with Gasteiger partial charge in [-0.15, -0.1) is 0 Å². The van der Waals surface area contributed by atoms with Gasteiger partial charge in [-0.05, 0) is 18.4 Å². The monoisotopic (exact) mass is 290 g/mol. The van der Waals surface area contributed by atoms with Gasteiger partial charge < -0.3 is 16.2 Å². The highest BCUT2D eigenvalue weighted by Crippen LogP contribution is 2.24. The van der Waals surface area contributed by atoms with Crippen LogP contribution in [-0.4, -0.2) is 23.0 Å². The van der Waals surface area contributed by atoms with Gasteiger partial charge >= 0.3 is 5.97 Å². The minimum atomic E-state index is -0.838. The Labute approximate surface area is 124 Å². The lowest BCUT2D eigenvalue weighted by atomic mass is 9.94. The van der Waals surface area contributed by atoms with Crippen molar-refractivity contribution in [1.29, 1.82) is 0 Å². The zero-order valence-electron chi connectivity index (χ0n) is 12.0. The van der Waals surface area contributed by atoms with E-state index in [1.54, 1.807) is 12.1 Å². The molecule has 21 heavy (non-hydrogen) atoms. The molecule has 2 unspecified atom stereocenters. The van der Waals surface area contributed by atoms with E-state index in [2.05, 4.69) is 5.32 Å². The molecule has 0 saturated heterocycles. The molecule has 1 amide bonds. The number of hydrogen-bond donors (Lipinski definition) is 3. The van der Waals surface area contributed by atoms with E-state index >= 15 is 0 Å². The molecular weight excluding hydrogens is 268 g/mol. The summed E-state index contributed by atoms with van der Waals surface area (Å²) in [6, 6.07) is 8.02. The molecule has 5 nitrogen and oxygen atoms in total. The first-order valence-electron chi connectivity index (χ1n) is 7.43. The molecule has 1 aromatic rings. The molecule has 1 aromatic carbocycles. The molecule has 1 aliphatic carbocycles. The van der Waals surface area contributed by atoms with Gasteiger partial charge in [0.2, 0.25) is 5.91 Å². The van der Waals surface area contributed by atoms with Crippen LogP contribution in [0, 0.1) is 5.92 Å². The van der Waals surface area contributed by atoms with Crippen LogP contribution in [-0.2, 0) is 9.59 Å². The Balaban J connectivity index is 2.04. The van der Waals surface area contributed by atoms with E-state index < -0.39 is 17.9 Å². The van der Waals surface area contributed by atoms with E-state index in [1.165, 1.54) is 0 Å². The van der Waals surface area contributed by atoms with Gasteiger partial charge in [-0.3, -0.25) is 9.59 Å². The zero-order chi connectivity index (χ0) is 15.2. The van der Waals surface area contributed by atoms with Gasteiger partial charge in [0, 0.05) is 6.04 Å². The summed E-state index contributed by atoms with van der Waals surface area (Å²) in [6.07, 6.45) is 4.16. The molecule has 0 bridgehead atoms. The lowest BCUT2D eigenvalue weighted by Crippen LogP contribution is -2.46. The second-order valence-electron chi connectivity index (χ2n) is 5.59. The summed E-state index contributed by atoms with van der Waals surface area (Å²) >= 11 is 0. The topological polar surface area (TPSA) is 92.4 Å². The third-order valence-electron chi connectivity index (χ3n) is 4.10. The average molecular weight is 290 g/mol. The molecule has 0 aliphatic heterocycles. The molecule has 0 aromatic heterocycles. The van der Waals surface area contributed by atoms with Crippen molar-refractivity contribution in [1.82, 2.24) is 5.32 Å². The number of nitrogens with one attached hydrogen (secondary N) is 1. The third kappa shape index (κ3) is 4.04. The number of carbonyl (C=O) groups excluding carboxylic acids is 1. The number of benzene rings is 1. The minimum absolute atomic E-state index is 0.306. The van der Waals surface area contributed by atoms with Crippen LogP contribution in [0.5, 0.6) is 0 Å². The number of carboxylic acid groups (broad SMARTS) is 1.